The molecule has 1 rings (SSSR count). The molecule has 0 radical (unpaired) electrons. The molecule has 0 unspecified atom stereocenters. The Morgan fingerprint density at radius 2 is 2.12 bits per heavy atom. The highest BCUT2D eigenvalue weighted by Crippen LogP contribution is 2.13. The fourth-order valence-corrected chi connectivity index (χ4v) is 1.32. The van der Waals surface area contributed by atoms with E-state index in [1.807, 2.05) is 0 Å². The van der Waals surface area contributed by atoms with Crippen LogP contribution >= 0.6 is 11.6 Å². The Morgan fingerprint density at radius 1 is 1.53 bits per heavy atom. The summed E-state index contributed by atoms with van der Waals surface area (Å²) in [6.45, 7) is 1.92. The van der Waals surface area contributed by atoms with Gasteiger partial charge in [-0.2, -0.15) is 5.26 Å². The van der Waals surface area contributed by atoms with Gasteiger partial charge in [0.2, 0.25) is 5.91 Å². The summed E-state index contributed by atoms with van der Waals surface area (Å²) in [6, 6.07) is 8.66. The molecular weight excluding hydrogens is 238 g/mol. The molecule has 0 saturated carbocycles. The van der Waals surface area contributed by atoms with E-state index in [9.17, 15) is 4.79 Å². The molecule has 1 atom stereocenters. The molecular formula is C12H14ClN3O. The Balaban J connectivity index is 2.50. The fourth-order valence-electron chi connectivity index (χ4n) is 1.20. The third-order valence-corrected chi connectivity index (χ3v) is 2.62. The molecule has 90 valence electrons. The number of carbonyl (C=O) groups is 1. The van der Waals surface area contributed by atoms with E-state index in [0.29, 0.717) is 10.7 Å². The highest BCUT2D eigenvalue weighted by atomic mass is 35.5. The Kier molecular flexibility index (Phi) is 4.95. The van der Waals surface area contributed by atoms with Gasteiger partial charge in [0.25, 0.3) is 0 Å². The molecule has 1 aromatic rings. The average molecular weight is 252 g/mol. The molecule has 0 saturated heterocycles. The second-order valence-corrected chi connectivity index (χ2v) is 4.21. The highest BCUT2D eigenvalue weighted by Gasteiger charge is 2.12. The summed E-state index contributed by atoms with van der Waals surface area (Å²) in [7, 11) is 1.73. The largest absolute Gasteiger partial charge is 0.325 e. The molecule has 1 amide bonds. The quantitative estimate of drug-likeness (QED) is 0.892. The molecule has 0 bridgehead atoms. The minimum atomic E-state index is -0.286. The lowest BCUT2D eigenvalue weighted by atomic mass is 10.3. The monoisotopic (exact) mass is 251 g/mol. The van der Waals surface area contributed by atoms with Gasteiger partial charge in [0.05, 0.1) is 18.7 Å². The second-order valence-electron chi connectivity index (χ2n) is 3.78. The third-order valence-electron chi connectivity index (χ3n) is 2.37. The molecule has 0 aliphatic heterocycles. The van der Waals surface area contributed by atoms with Crippen LogP contribution in [-0.2, 0) is 4.79 Å². The van der Waals surface area contributed by atoms with Crippen LogP contribution in [0.3, 0.4) is 0 Å². The molecule has 0 aromatic heterocycles. The van der Waals surface area contributed by atoms with Crippen LogP contribution in [0.15, 0.2) is 24.3 Å². The number of hydrogen-bond donors (Lipinski definition) is 1. The van der Waals surface area contributed by atoms with E-state index >= 15 is 0 Å². The maximum absolute atomic E-state index is 11.6. The van der Waals surface area contributed by atoms with Crippen LogP contribution in [0.2, 0.25) is 5.02 Å². The predicted molar refractivity (Wildman–Crippen MR) is 67.8 cm³/mol. The zero-order chi connectivity index (χ0) is 12.8. The summed E-state index contributed by atoms with van der Waals surface area (Å²) in [4.78, 5) is 13.3. The number of benzene rings is 1. The Hall–Kier alpha value is -1.57. The first-order valence-corrected chi connectivity index (χ1v) is 5.56. The van der Waals surface area contributed by atoms with E-state index in [1.54, 1.807) is 43.1 Å². The minimum Gasteiger partial charge on any atom is -0.325 e. The van der Waals surface area contributed by atoms with Crippen LogP contribution in [0.5, 0.6) is 0 Å². The van der Waals surface area contributed by atoms with Crippen LogP contribution < -0.4 is 5.32 Å². The van der Waals surface area contributed by atoms with Crippen molar-refractivity contribution in [1.29, 1.82) is 5.26 Å². The van der Waals surface area contributed by atoms with Crippen LogP contribution in [0, 0.1) is 11.3 Å². The lowest BCUT2D eigenvalue weighted by Crippen LogP contribution is -2.35. The van der Waals surface area contributed by atoms with E-state index in [4.69, 9.17) is 16.9 Å². The number of likely N-dealkylation sites (N-methyl/N-ethyl adjacent to an activating group) is 1. The van der Waals surface area contributed by atoms with Crippen molar-refractivity contribution >= 4 is 23.2 Å². The van der Waals surface area contributed by atoms with Gasteiger partial charge in [0, 0.05) is 10.7 Å². The van der Waals surface area contributed by atoms with Gasteiger partial charge in [-0.05, 0) is 38.2 Å². The third kappa shape index (κ3) is 4.43. The number of amides is 1. The van der Waals surface area contributed by atoms with Gasteiger partial charge in [0.15, 0.2) is 0 Å². The SMILES string of the molecule is C[C@@H](C#N)N(C)CC(=O)Nc1ccc(Cl)cc1. The lowest BCUT2D eigenvalue weighted by Gasteiger charge is -2.18. The van der Waals surface area contributed by atoms with Crippen molar-refractivity contribution in [3.63, 3.8) is 0 Å². The second kappa shape index (κ2) is 6.24. The van der Waals surface area contributed by atoms with Crippen molar-refractivity contribution in [2.75, 3.05) is 18.9 Å². The van der Waals surface area contributed by atoms with E-state index in [-0.39, 0.29) is 18.5 Å². The minimum absolute atomic E-state index is 0.156. The summed E-state index contributed by atoms with van der Waals surface area (Å²) in [5, 5.41) is 12.1. The van der Waals surface area contributed by atoms with Crippen molar-refractivity contribution in [2.24, 2.45) is 0 Å². The van der Waals surface area contributed by atoms with Gasteiger partial charge >= 0.3 is 0 Å². The first kappa shape index (κ1) is 13.5. The number of hydrogen-bond acceptors (Lipinski definition) is 3. The van der Waals surface area contributed by atoms with Crippen molar-refractivity contribution in [1.82, 2.24) is 4.90 Å². The molecule has 0 spiro atoms. The molecule has 0 heterocycles. The van der Waals surface area contributed by atoms with Crippen LogP contribution in [0.25, 0.3) is 0 Å². The number of anilines is 1. The number of carbonyl (C=O) groups excluding carboxylic acids is 1. The topological polar surface area (TPSA) is 56.1 Å². The van der Waals surface area contributed by atoms with Gasteiger partial charge in [-0.3, -0.25) is 9.69 Å². The molecule has 1 N–H and O–H groups in total. The van der Waals surface area contributed by atoms with E-state index in [0.717, 1.165) is 0 Å². The Labute approximate surface area is 106 Å². The maximum atomic E-state index is 11.6. The van der Waals surface area contributed by atoms with Gasteiger partial charge in [-0.15, -0.1) is 0 Å². The van der Waals surface area contributed by atoms with E-state index in [1.165, 1.54) is 0 Å². The predicted octanol–water partition coefficient (Wildman–Crippen LogP) is 2.12. The first-order valence-electron chi connectivity index (χ1n) is 5.18. The maximum Gasteiger partial charge on any atom is 0.238 e. The molecule has 1 aromatic carbocycles. The Bertz CT molecular complexity index is 424. The fraction of sp³-hybridized carbons (Fsp3) is 0.333. The molecule has 4 nitrogen and oxygen atoms in total. The van der Waals surface area contributed by atoms with Crippen molar-refractivity contribution in [3.05, 3.63) is 29.3 Å². The van der Waals surface area contributed by atoms with Crippen molar-refractivity contribution in [3.8, 4) is 6.07 Å². The molecule has 0 fully saturated rings. The smallest absolute Gasteiger partial charge is 0.238 e. The van der Waals surface area contributed by atoms with E-state index < -0.39 is 0 Å². The molecule has 17 heavy (non-hydrogen) atoms. The number of halogens is 1. The zero-order valence-electron chi connectivity index (χ0n) is 9.77. The summed E-state index contributed by atoms with van der Waals surface area (Å²) in [6.07, 6.45) is 0. The standard InChI is InChI=1S/C12H14ClN3O/c1-9(7-14)16(2)8-12(17)15-11-5-3-10(13)4-6-11/h3-6,9H,8H2,1-2H3,(H,15,17)/t9-/m0/s1. The summed E-state index contributed by atoms with van der Waals surface area (Å²) >= 11 is 5.74. The van der Waals surface area contributed by atoms with Gasteiger partial charge in [0.1, 0.15) is 0 Å². The van der Waals surface area contributed by atoms with Crippen LogP contribution in [0.4, 0.5) is 5.69 Å². The normalized spacial score (nSPS) is 11.9. The number of nitrogens with one attached hydrogen (secondary N) is 1. The van der Waals surface area contributed by atoms with Gasteiger partial charge in [-0.25, -0.2) is 0 Å². The number of nitrogens with zero attached hydrogens (tertiary/aromatic N) is 2. The summed E-state index contributed by atoms with van der Waals surface area (Å²) in [5.41, 5.74) is 0.692. The van der Waals surface area contributed by atoms with Crippen molar-refractivity contribution < 1.29 is 4.79 Å². The summed E-state index contributed by atoms with van der Waals surface area (Å²) < 4.78 is 0. The van der Waals surface area contributed by atoms with Crippen LogP contribution in [-0.4, -0.2) is 30.4 Å². The average Bonchev–Trinajstić information content (AvgIpc) is 2.30. The van der Waals surface area contributed by atoms with Crippen molar-refractivity contribution in [2.45, 2.75) is 13.0 Å². The van der Waals surface area contributed by atoms with Crippen LogP contribution in [0.1, 0.15) is 6.92 Å². The Morgan fingerprint density at radius 3 is 2.65 bits per heavy atom. The summed E-state index contributed by atoms with van der Waals surface area (Å²) in [5.74, 6) is -0.156. The van der Waals surface area contributed by atoms with E-state index in [2.05, 4.69) is 11.4 Å². The zero-order valence-corrected chi connectivity index (χ0v) is 10.5. The highest BCUT2D eigenvalue weighted by molar-refractivity contribution is 6.30. The molecule has 5 heteroatoms. The lowest BCUT2D eigenvalue weighted by molar-refractivity contribution is -0.117. The van der Waals surface area contributed by atoms with Gasteiger partial charge < -0.3 is 5.32 Å². The molecule has 0 aliphatic carbocycles. The number of nitriles is 1. The number of rotatable bonds is 4. The molecule has 0 aliphatic rings. The van der Waals surface area contributed by atoms with Gasteiger partial charge in [-0.1, -0.05) is 11.6 Å². The first-order chi connectivity index (χ1) is 8.02.